The zero-order chi connectivity index (χ0) is 21.3. The van der Waals surface area contributed by atoms with E-state index in [1.54, 1.807) is 0 Å². The zero-order valence-corrected chi connectivity index (χ0v) is 19.1. The van der Waals surface area contributed by atoms with E-state index in [1.807, 2.05) is 34.6 Å². The molecule has 0 aromatic rings. The SMILES string of the molecule is CCC(C)(C)C(=O)OC.CCOC(C)OC(=O)C1CC2CC1C1C3CCC(C3)C21. The molecule has 5 heteroatoms. The lowest BCUT2D eigenvalue weighted by Gasteiger charge is -2.37. The van der Waals surface area contributed by atoms with Gasteiger partial charge in [0.25, 0.3) is 0 Å². The van der Waals surface area contributed by atoms with Gasteiger partial charge in [-0.15, -0.1) is 0 Å². The van der Waals surface area contributed by atoms with Gasteiger partial charge in [-0.1, -0.05) is 6.92 Å². The number of rotatable bonds is 6. The fourth-order valence-electron chi connectivity index (χ4n) is 6.78. The molecule has 4 fully saturated rings. The van der Waals surface area contributed by atoms with Crippen molar-refractivity contribution in [2.45, 2.75) is 79.4 Å². The van der Waals surface area contributed by atoms with Gasteiger partial charge in [-0.25, -0.2) is 0 Å². The topological polar surface area (TPSA) is 61.8 Å². The van der Waals surface area contributed by atoms with Crippen molar-refractivity contribution in [3.63, 3.8) is 0 Å². The molecule has 0 radical (unpaired) electrons. The Morgan fingerprint density at radius 2 is 1.66 bits per heavy atom. The summed E-state index contributed by atoms with van der Waals surface area (Å²) in [4.78, 5) is 23.3. The number of fused-ring (bicyclic) bond motifs is 9. The Bertz CT molecular complexity index is 600. The van der Waals surface area contributed by atoms with Gasteiger partial charge in [0.05, 0.1) is 18.4 Å². The van der Waals surface area contributed by atoms with Gasteiger partial charge in [0, 0.05) is 6.61 Å². The summed E-state index contributed by atoms with van der Waals surface area (Å²) in [5, 5.41) is 0. The van der Waals surface area contributed by atoms with Crippen LogP contribution in [0.3, 0.4) is 0 Å². The Balaban J connectivity index is 0.000000229. The first kappa shape index (κ1) is 22.6. The Kier molecular flexibility index (Phi) is 6.97. The van der Waals surface area contributed by atoms with Crippen molar-refractivity contribution in [1.29, 1.82) is 0 Å². The highest BCUT2D eigenvalue weighted by Gasteiger charge is 2.63. The third-order valence-corrected chi connectivity index (χ3v) is 8.34. The van der Waals surface area contributed by atoms with Crippen LogP contribution in [0.4, 0.5) is 0 Å². The van der Waals surface area contributed by atoms with Crippen molar-refractivity contribution in [2.75, 3.05) is 13.7 Å². The molecule has 4 bridgehead atoms. The summed E-state index contributed by atoms with van der Waals surface area (Å²) in [6.07, 6.45) is 7.16. The average Bonchev–Trinajstić information content (AvgIpc) is 3.46. The summed E-state index contributed by atoms with van der Waals surface area (Å²) in [6, 6.07) is 0. The molecule has 8 atom stereocenters. The third kappa shape index (κ3) is 4.35. The minimum Gasteiger partial charge on any atom is -0.469 e. The summed E-state index contributed by atoms with van der Waals surface area (Å²) in [5.41, 5.74) is -0.311. The molecule has 0 aromatic heterocycles. The van der Waals surface area contributed by atoms with Gasteiger partial charge in [-0.3, -0.25) is 9.59 Å². The predicted octanol–water partition coefficient (Wildman–Crippen LogP) is 4.83. The predicted molar refractivity (Wildman–Crippen MR) is 111 cm³/mol. The number of carbonyl (C=O) groups excluding carboxylic acids is 2. The lowest BCUT2D eigenvalue weighted by Crippen LogP contribution is -2.37. The van der Waals surface area contributed by atoms with E-state index < -0.39 is 0 Å². The van der Waals surface area contributed by atoms with E-state index in [0.717, 1.165) is 42.4 Å². The summed E-state index contributed by atoms with van der Waals surface area (Å²) >= 11 is 0. The van der Waals surface area contributed by atoms with Gasteiger partial charge in [-0.2, -0.15) is 0 Å². The normalized spacial score (nSPS) is 37.5. The van der Waals surface area contributed by atoms with Crippen LogP contribution in [0.1, 0.15) is 73.1 Å². The van der Waals surface area contributed by atoms with Crippen LogP contribution in [-0.2, 0) is 23.8 Å². The molecule has 0 saturated heterocycles. The molecule has 4 rings (SSSR count). The molecule has 8 unspecified atom stereocenters. The van der Waals surface area contributed by atoms with Gasteiger partial charge in [0.2, 0.25) is 0 Å². The zero-order valence-electron chi connectivity index (χ0n) is 19.1. The molecule has 4 saturated carbocycles. The van der Waals surface area contributed by atoms with E-state index in [9.17, 15) is 9.59 Å². The largest absolute Gasteiger partial charge is 0.469 e. The van der Waals surface area contributed by atoms with Gasteiger partial charge >= 0.3 is 11.9 Å². The molecule has 0 heterocycles. The van der Waals surface area contributed by atoms with Crippen molar-refractivity contribution in [3.05, 3.63) is 0 Å². The second-order valence-electron chi connectivity index (χ2n) is 10.2. The van der Waals surface area contributed by atoms with Gasteiger partial charge < -0.3 is 14.2 Å². The first-order valence-electron chi connectivity index (χ1n) is 11.6. The fraction of sp³-hybridized carbons (Fsp3) is 0.917. The van der Waals surface area contributed by atoms with Crippen LogP contribution in [0.15, 0.2) is 0 Å². The molecule has 0 spiro atoms. The maximum Gasteiger partial charge on any atom is 0.311 e. The van der Waals surface area contributed by atoms with Crippen molar-refractivity contribution in [2.24, 2.45) is 46.8 Å². The number of ether oxygens (including phenoxy) is 3. The second kappa shape index (κ2) is 8.95. The lowest BCUT2D eigenvalue weighted by molar-refractivity contribution is -0.181. The highest BCUT2D eigenvalue weighted by atomic mass is 16.7. The second-order valence-corrected chi connectivity index (χ2v) is 10.2. The van der Waals surface area contributed by atoms with Crippen molar-refractivity contribution in [3.8, 4) is 0 Å². The Morgan fingerprint density at radius 1 is 1.00 bits per heavy atom. The molecule has 5 nitrogen and oxygen atoms in total. The first-order valence-corrected chi connectivity index (χ1v) is 11.6. The van der Waals surface area contributed by atoms with E-state index in [-0.39, 0.29) is 29.6 Å². The first-order chi connectivity index (χ1) is 13.7. The van der Waals surface area contributed by atoms with Crippen LogP contribution in [-0.4, -0.2) is 31.9 Å². The summed E-state index contributed by atoms with van der Waals surface area (Å²) in [6.45, 7) is 10.1. The molecule has 0 amide bonds. The van der Waals surface area contributed by atoms with Gasteiger partial charge in [0.1, 0.15) is 0 Å². The smallest absolute Gasteiger partial charge is 0.311 e. The maximum atomic E-state index is 12.4. The lowest BCUT2D eigenvalue weighted by atomic mass is 9.67. The Labute approximate surface area is 176 Å². The Morgan fingerprint density at radius 3 is 2.21 bits per heavy atom. The monoisotopic (exact) mass is 408 g/mol. The van der Waals surface area contributed by atoms with Crippen LogP contribution >= 0.6 is 0 Å². The van der Waals surface area contributed by atoms with Crippen LogP contribution < -0.4 is 0 Å². The molecule has 4 aliphatic carbocycles. The molecule has 4 aliphatic rings. The van der Waals surface area contributed by atoms with E-state index in [4.69, 9.17) is 9.47 Å². The minimum atomic E-state index is -0.387. The van der Waals surface area contributed by atoms with Crippen molar-refractivity contribution < 1.29 is 23.8 Å². The van der Waals surface area contributed by atoms with Crippen molar-refractivity contribution in [1.82, 2.24) is 0 Å². The number of methoxy groups -OCH3 is 1. The molecular formula is C24H40O5. The van der Waals surface area contributed by atoms with Gasteiger partial charge in [0.15, 0.2) is 6.29 Å². The van der Waals surface area contributed by atoms with E-state index in [0.29, 0.717) is 12.5 Å². The average molecular weight is 409 g/mol. The quantitative estimate of drug-likeness (QED) is 0.358. The maximum absolute atomic E-state index is 12.4. The fourth-order valence-corrected chi connectivity index (χ4v) is 6.78. The molecule has 166 valence electrons. The van der Waals surface area contributed by atoms with Crippen LogP contribution in [0, 0.1) is 46.8 Å². The highest BCUT2D eigenvalue weighted by molar-refractivity contribution is 5.75. The number of hydrogen-bond donors (Lipinski definition) is 0. The van der Waals surface area contributed by atoms with Crippen LogP contribution in [0.5, 0.6) is 0 Å². The van der Waals surface area contributed by atoms with Crippen molar-refractivity contribution >= 4 is 11.9 Å². The van der Waals surface area contributed by atoms with Gasteiger partial charge in [-0.05, 0) is 102 Å². The molecule has 0 N–H and O–H groups in total. The van der Waals surface area contributed by atoms with Crippen LogP contribution in [0.25, 0.3) is 0 Å². The summed E-state index contributed by atoms with van der Waals surface area (Å²) in [5.74, 6) is 5.24. The molecular weight excluding hydrogens is 368 g/mol. The molecule has 0 aromatic carbocycles. The van der Waals surface area contributed by atoms with Crippen LogP contribution in [0.2, 0.25) is 0 Å². The van der Waals surface area contributed by atoms with E-state index >= 15 is 0 Å². The summed E-state index contributed by atoms with van der Waals surface area (Å²) in [7, 11) is 1.42. The number of hydrogen-bond acceptors (Lipinski definition) is 5. The standard InChI is InChI=1S/C17H26O3.C7H14O2/c1-3-19-9(2)20-17(18)14-8-12-7-13(14)16-11-5-4-10(6-11)15(12)16;1-5-7(2,3)6(8)9-4/h9-16H,3-8H2,1-2H3;5H2,1-4H3. The van der Waals surface area contributed by atoms with E-state index in [1.165, 1.54) is 32.8 Å². The molecule has 0 aliphatic heterocycles. The highest BCUT2D eigenvalue weighted by Crippen LogP contribution is 2.68. The summed E-state index contributed by atoms with van der Waals surface area (Å²) < 4.78 is 15.4. The minimum absolute atomic E-state index is 0.0136. The third-order valence-electron chi connectivity index (χ3n) is 8.34. The number of esters is 2. The Hall–Kier alpha value is -1.10. The van der Waals surface area contributed by atoms with E-state index in [2.05, 4.69) is 4.74 Å². The number of carbonyl (C=O) groups is 2. The molecule has 29 heavy (non-hydrogen) atoms.